The summed E-state index contributed by atoms with van der Waals surface area (Å²) in [5.41, 5.74) is 3.01. The molecule has 1 unspecified atom stereocenters. The maximum absolute atomic E-state index is 12.5. The molecule has 144 valence electrons. The number of hydrogen-bond donors (Lipinski definition) is 1. The van der Waals surface area contributed by atoms with Crippen LogP contribution < -0.4 is 5.32 Å². The highest BCUT2D eigenvalue weighted by Crippen LogP contribution is 2.34. The number of esters is 1. The van der Waals surface area contributed by atoms with E-state index in [1.165, 1.54) is 24.8 Å². The Balaban J connectivity index is 1.86. The molecule has 1 heterocycles. The molecule has 0 fully saturated rings. The molecule has 2 rings (SSSR count). The van der Waals surface area contributed by atoms with Crippen molar-refractivity contribution < 1.29 is 9.53 Å². The van der Waals surface area contributed by atoms with E-state index in [0.29, 0.717) is 6.54 Å². The molecule has 1 N–H and O–H groups in total. The average Bonchev–Trinajstić information content (AvgIpc) is 2.96. The third kappa shape index (κ3) is 6.17. The van der Waals surface area contributed by atoms with E-state index in [4.69, 9.17) is 4.74 Å². The molecule has 4 heteroatoms. The highest BCUT2D eigenvalue weighted by molar-refractivity contribution is 5.84. The van der Waals surface area contributed by atoms with Crippen LogP contribution in [-0.2, 0) is 16.0 Å². The van der Waals surface area contributed by atoms with Gasteiger partial charge in [0, 0.05) is 18.8 Å². The van der Waals surface area contributed by atoms with Gasteiger partial charge in [0.2, 0.25) is 0 Å². The first-order valence-electron chi connectivity index (χ1n) is 9.69. The maximum Gasteiger partial charge on any atom is 0.315 e. The first-order valence-corrected chi connectivity index (χ1v) is 9.69. The minimum atomic E-state index is -0.448. The molecule has 0 aromatic heterocycles. The Labute approximate surface area is 158 Å². The molecule has 0 radical (unpaired) electrons. The molecule has 0 amide bonds. The van der Waals surface area contributed by atoms with Crippen molar-refractivity contribution in [1.82, 2.24) is 4.90 Å². The predicted molar refractivity (Wildman–Crippen MR) is 109 cm³/mol. The summed E-state index contributed by atoms with van der Waals surface area (Å²) in [4.78, 5) is 14.8. The van der Waals surface area contributed by atoms with Gasteiger partial charge in [-0.3, -0.25) is 4.79 Å². The van der Waals surface area contributed by atoms with Crippen LogP contribution >= 0.6 is 0 Å². The van der Waals surface area contributed by atoms with Crippen molar-refractivity contribution in [2.45, 2.75) is 58.0 Å². The summed E-state index contributed by atoms with van der Waals surface area (Å²) in [6, 6.07) is 6.47. The van der Waals surface area contributed by atoms with Crippen LogP contribution in [0.15, 0.2) is 30.9 Å². The van der Waals surface area contributed by atoms with Crippen LogP contribution in [0.3, 0.4) is 0 Å². The van der Waals surface area contributed by atoms with Crippen molar-refractivity contribution >= 4 is 11.7 Å². The van der Waals surface area contributed by atoms with Gasteiger partial charge < -0.3 is 15.0 Å². The van der Waals surface area contributed by atoms with Gasteiger partial charge in [-0.25, -0.2) is 0 Å². The molecule has 1 aliphatic rings. The Hall–Kier alpha value is -1.81. The number of anilines is 1. The molecule has 1 aromatic carbocycles. The van der Waals surface area contributed by atoms with Gasteiger partial charge in [-0.15, -0.1) is 6.58 Å². The number of unbranched alkanes of at least 4 members (excludes halogenated alkanes) is 2. The monoisotopic (exact) mass is 358 g/mol. The highest BCUT2D eigenvalue weighted by Gasteiger charge is 2.32. The van der Waals surface area contributed by atoms with Crippen LogP contribution in [-0.4, -0.2) is 43.2 Å². The Bertz CT molecular complexity index is 619. The second-order valence-corrected chi connectivity index (χ2v) is 8.25. The van der Waals surface area contributed by atoms with Crippen molar-refractivity contribution in [3.05, 3.63) is 42.0 Å². The van der Waals surface area contributed by atoms with Gasteiger partial charge in [-0.05, 0) is 70.8 Å². The minimum Gasteiger partial charge on any atom is -0.459 e. The van der Waals surface area contributed by atoms with Crippen LogP contribution in [0.5, 0.6) is 0 Å². The highest BCUT2D eigenvalue weighted by atomic mass is 16.6. The van der Waals surface area contributed by atoms with Crippen molar-refractivity contribution in [3.8, 4) is 0 Å². The Morgan fingerprint density at radius 2 is 2.12 bits per heavy atom. The van der Waals surface area contributed by atoms with Crippen molar-refractivity contribution in [2.75, 3.05) is 32.0 Å². The van der Waals surface area contributed by atoms with Crippen molar-refractivity contribution in [1.29, 1.82) is 0 Å². The van der Waals surface area contributed by atoms with E-state index in [2.05, 4.69) is 42.0 Å². The van der Waals surface area contributed by atoms with Gasteiger partial charge in [0.1, 0.15) is 11.5 Å². The SMILES string of the molecule is C=CCN(C)CCCCCc1ccc2c(c1)C(C(=O)OC(C)(C)C)CN2. The van der Waals surface area contributed by atoms with E-state index >= 15 is 0 Å². The lowest BCUT2D eigenvalue weighted by molar-refractivity contribution is -0.156. The predicted octanol–water partition coefficient (Wildman–Crippen LogP) is 4.37. The largest absolute Gasteiger partial charge is 0.459 e. The smallest absolute Gasteiger partial charge is 0.315 e. The standard InChI is InChI=1S/C22H34N2O2/c1-6-13-24(5)14-9-7-8-10-17-11-12-20-18(15-17)19(16-23-20)21(25)26-22(2,3)4/h6,11-12,15,19,23H,1,7-10,13-14,16H2,2-5H3. The molecule has 1 atom stereocenters. The van der Waals surface area contributed by atoms with Crippen LogP contribution in [0.4, 0.5) is 5.69 Å². The first kappa shape index (κ1) is 20.5. The minimum absolute atomic E-state index is 0.133. The molecular formula is C22H34N2O2. The van der Waals surface area contributed by atoms with Crippen LogP contribution in [0, 0.1) is 0 Å². The molecule has 1 aliphatic heterocycles. The number of ether oxygens (including phenoxy) is 1. The molecule has 1 aromatic rings. The van der Waals surface area contributed by atoms with E-state index in [9.17, 15) is 4.79 Å². The van der Waals surface area contributed by atoms with Crippen molar-refractivity contribution in [3.63, 3.8) is 0 Å². The number of rotatable bonds is 9. The summed E-state index contributed by atoms with van der Waals surface area (Å²) in [6.45, 7) is 12.2. The van der Waals surface area contributed by atoms with E-state index in [0.717, 1.165) is 30.8 Å². The first-order chi connectivity index (χ1) is 12.3. The number of likely N-dealkylation sites (N-methyl/N-ethyl adjacent to an activating group) is 1. The zero-order valence-electron chi connectivity index (χ0n) is 16.8. The fourth-order valence-corrected chi connectivity index (χ4v) is 3.32. The topological polar surface area (TPSA) is 41.6 Å². The van der Waals surface area contributed by atoms with Gasteiger partial charge >= 0.3 is 5.97 Å². The fraction of sp³-hybridized carbons (Fsp3) is 0.591. The zero-order valence-corrected chi connectivity index (χ0v) is 16.8. The number of carbonyl (C=O) groups is 1. The second-order valence-electron chi connectivity index (χ2n) is 8.25. The van der Waals surface area contributed by atoms with Gasteiger partial charge in [0.25, 0.3) is 0 Å². The number of benzene rings is 1. The van der Waals surface area contributed by atoms with Crippen LogP contribution in [0.1, 0.15) is 57.1 Å². The normalized spacial score (nSPS) is 16.3. The molecule has 0 spiro atoms. The van der Waals surface area contributed by atoms with Gasteiger partial charge in [-0.1, -0.05) is 24.6 Å². The van der Waals surface area contributed by atoms with Gasteiger partial charge in [0.15, 0.2) is 0 Å². The molecule has 0 bridgehead atoms. The third-order valence-corrected chi connectivity index (χ3v) is 4.63. The summed E-state index contributed by atoms with van der Waals surface area (Å²) < 4.78 is 5.58. The number of fused-ring (bicyclic) bond motifs is 1. The Morgan fingerprint density at radius 1 is 1.35 bits per heavy atom. The summed E-state index contributed by atoms with van der Waals surface area (Å²) in [6.07, 6.45) is 6.59. The molecular weight excluding hydrogens is 324 g/mol. The second kappa shape index (κ2) is 9.22. The van der Waals surface area contributed by atoms with Crippen LogP contribution in [0.2, 0.25) is 0 Å². The number of nitrogens with one attached hydrogen (secondary N) is 1. The maximum atomic E-state index is 12.5. The van der Waals surface area contributed by atoms with E-state index in [-0.39, 0.29) is 11.9 Å². The third-order valence-electron chi connectivity index (χ3n) is 4.63. The Morgan fingerprint density at radius 3 is 2.81 bits per heavy atom. The van der Waals surface area contributed by atoms with Crippen molar-refractivity contribution in [2.24, 2.45) is 0 Å². The molecule has 26 heavy (non-hydrogen) atoms. The summed E-state index contributed by atoms with van der Waals surface area (Å²) in [7, 11) is 2.13. The van der Waals surface area contributed by atoms with E-state index < -0.39 is 5.60 Å². The Kier molecular flexibility index (Phi) is 7.27. The number of aryl methyl sites for hydroxylation is 1. The number of carbonyl (C=O) groups excluding carboxylic acids is 1. The number of nitrogens with zero attached hydrogens (tertiary/aromatic N) is 1. The molecule has 4 nitrogen and oxygen atoms in total. The zero-order chi connectivity index (χ0) is 19.2. The molecule has 0 aliphatic carbocycles. The van der Waals surface area contributed by atoms with Crippen LogP contribution in [0.25, 0.3) is 0 Å². The fourth-order valence-electron chi connectivity index (χ4n) is 3.32. The quantitative estimate of drug-likeness (QED) is 0.404. The number of hydrogen-bond acceptors (Lipinski definition) is 4. The average molecular weight is 359 g/mol. The molecule has 0 saturated heterocycles. The summed E-state index contributed by atoms with van der Waals surface area (Å²) in [5, 5.41) is 3.33. The van der Waals surface area contributed by atoms with Gasteiger partial charge in [-0.2, -0.15) is 0 Å². The van der Waals surface area contributed by atoms with E-state index in [1.807, 2.05) is 26.8 Å². The molecule has 0 saturated carbocycles. The summed E-state index contributed by atoms with van der Waals surface area (Å²) >= 11 is 0. The lowest BCUT2D eigenvalue weighted by Gasteiger charge is -2.22. The lowest BCUT2D eigenvalue weighted by atomic mass is 9.97. The van der Waals surface area contributed by atoms with Gasteiger partial charge in [0.05, 0.1) is 0 Å². The lowest BCUT2D eigenvalue weighted by Crippen LogP contribution is -2.28. The summed E-state index contributed by atoms with van der Waals surface area (Å²) in [5.74, 6) is -0.331. The van der Waals surface area contributed by atoms with E-state index in [1.54, 1.807) is 0 Å².